The third-order valence-electron chi connectivity index (χ3n) is 4.47. The lowest BCUT2D eigenvalue weighted by Crippen LogP contribution is -2.45. The van der Waals surface area contributed by atoms with E-state index in [1.54, 1.807) is 0 Å². The largest absolute Gasteiger partial charge is 0.365 e. The number of pyridine rings is 1. The standard InChI is InChI=1S/C15H22N4O/c16-9-11-5-1-2-7-19(11)15-12(14(17)20)8-10-4-3-6-13(10)18-15/h8,11H,1-7,9,16H2,(H2,17,20). The topological polar surface area (TPSA) is 85.2 Å². The fourth-order valence-corrected chi connectivity index (χ4v) is 3.39. The Labute approximate surface area is 119 Å². The average Bonchev–Trinajstić information content (AvgIpc) is 2.93. The van der Waals surface area contributed by atoms with Crippen molar-refractivity contribution in [2.75, 3.05) is 18.0 Å². The van der Waals surface area contributed by atoms with Crippen molar-refractivity contribution in [3.05, 3.63) is 22.9 Å². The molecule has 1 aromatic rings. The molecule has 2 heterocycles. The van der Waals surface area contributed by atoms with Gasteiger partial charge in [-0.3, -0.25) is 4.79 Å². The van der Waals surface area contributed by atoms with Gasteiger partial charge in [0.1, 0.15) is 5.82 Å². The number of carbonyl (C=O) groups excluding carboxylic acids is 1. The van der Waals surface area contributed by atoms with Crippen LogP contribution in [0.1, 0.15) is 47.3 Å². The monoisotopic (exact) mass is 274 g/mol. The molecule has 0 bridgehead atoms. The number of fused-ring (bicyclic) bond motifs is 1. The van der Waals surface area contributed by atoms with Gasteiger partial charge < -0.3 is 16.4 Å². The van der Waals surface area contributed by atoms with E-state index in [1.807, 2.05) is 6.07 Å². The van der Waals surface area contributed by atoms with E-state index in [1.165, 1.54) is 12.0 Å². The van der Waals surface area contributed by atoms with E-state index in [2.05, 4.69) is 4.90 Å². The minimum absolute atomic E-state index is 0.272. The summed E-state index contributed by atoms with van der Waals surface area (Å²) in [6.07, 6.45) is 6.49. The lowest BCUT2D eigenvalue weighted by molar-refractivity contribution is 0.1000. The summed E-state index contributed by atoms with van der Waals surface area (Å²) in [7, 11) is 0. The molecule has 20 heavy (non-hydrogen) atoms. The summed E-state index contributed by atoms with van der Waals surface area (Å²) < 4.78 is 0. The highest BCUT2D eigenvalue weighted by molar-refractivity contribution is 5.98. The SMILES string of the molecule is NCC1CCCCN1c1nc2c(cc1C(N)=O)CCC2. The van der Waals surface area contributed by atoms with Gasteiger partial charge in [0, 0.05) is 24.8 Å². The van der Waals surface area contributed by atoms with E-state index >= 15 is 0 Å². The number of nitrogens with zero attached hydrogens (tertiary/aromatic N) is 2. The zero-order valence-electron chi connectivity index (χ0n) is 11.8. The van der Waals surface area contributed by atoms with Gasteiger partial charge in [0.2, 0.25) is 0 Å². The molecule has 1 aliphatic heterocycles. The average molecular weight is 274 g/mol. The van der Waals surface area contributed by atoms with Crippen LogP contribution in [0.2, 0.25) is 0 Å². The third kappa shape index (κ3) is 2.26. The predicted octanol–water partition coefficient (Wildman–Crippen LogP) is 0.987. The van der Waals surface area contributed by atoms with Gasteiger partial charge in [0.15, 0.2) is 0 Å². The van der Waals surface area contributed by atoms with Gasteiger partial charge in [0.25, 0.3) is 5.91 Å². The second-order valence-corrected chi connectivity index (χ2v) is 5.76. The number of aromatic nitrogens is 1. The molecule has 0 spiro atoms. The minimum atomic E-state index is -0.386. The van der Waals surface area contributed by atoms with Crippen LogP contribution in [0, 0.1) is 0 Å². The second kappa shape index (κ2) is 5.40. The molecule has 108 valence electrons. The molecule has 1 atom stereocenters. The first-order valence-electron chi connectivity index (χ1n) is 7.50. The summed E-state index contributed by atoms with van der Waals surface area (Å²) >= 11 is 0. The third-order valence-corrected chi connectivity index (χ3v) is 4.47. The predicted molar refractivity (Wildman–Crippen MR) is 78.8 cm³/mol. The molecule has 0 radical (unpaired) electrons. The zero-order chi connectivity index (χ0) is 14.1. The lowest BCUT2D eigenvalue weighted by Gasteiger charge is -2.37. The molecule has 5 nitrogen and oxygen atoms in total. The van der Waals surface area contributed by atoms with E-state index in [0.29, 0.717) is 12.1 Å². The highest BCUT2D eigenvalue weighted by Gasteiger charge is 2.28. The summed E-state index contributed by atoms with van der Waals surface area (Å²) in [6, 6.07) is 2.23. The summed E-state index contributed by atoms with van der Waals surface area (Å²) in [5.74, 6) is 0.372. The number of hydrogen-bond donors (Lipinski definition) is 2. The number of anilines is 1. The zero-order valence-corrected chi connectivity index (χ0v) is 11.8. The Morgan fingerprint density at radius 1 is 1.35 bits per heavy atom. The van der Waals surface area contributed by atoms with Crippen molar-refractivity contribution in [3.8, 4) is 0 Å². The first-order chi connectivity index (χ1) is 9.70. The van der Waals surface area contributed by atoms with Crippen LogP contribution in [-0.2, 0) is 12.8 Å². The molecule has 1 aromatic heterocycles. The van der Waals surface area contributed by atoms with Crippen LogP contribution in [0.3, 0.4) is 0 Å². The molecular weight excluding hydrogens is 252 g/mol. The minimum Gasteiger partial charge on any atom is -0.365 e. The summed E-state index contributed by atoms with van der Waals surface area (Å²) in [5, 5.41) is 0. The van der Waals surface area contributed by atoms with Gasteiger partial charge in [-0.2, -0.15) is 0 Å². The fourth-order valence-electron chi connectivity index (χ4n) is 3.39. The van der Waals surface area contributed by atoms with Gasteiger partial charge in [0.05, 0.1) is 5.56 Å². The quantitative estimate of drug-likeness (QED) is 0.860. The first kappa shape index (κ1) is 13.4. The van der Waals surface area contributed by atoms with Gasteiger partial charge in [-0.25, -0.2) is 4.98 Å². The van der Waals surface area contributed by atoms with Crippen LogP contribution in [0.5, 0.6) is 0 Å². The second-order valence-electron chi connectivity index (χ2n) is 5.76. The van der Waals surface area contributed by atoms with Crippen LogP contribution in [0.4, 0.5) is 5.82 Å². The molecule has 1 unspecified atom stereocenters. The molecule has 5 heteroatoms. The summed E-state index contributed by atoms with van der Waals surface area (Å²) in [6.45, 7) is 1.50. The number of primary amides is 1. The number of hydrogen-bond acceptors (Lipinski definition) is 4. The molecule has 4 N–H and O–H groups in total. The molecule has 1 saturated heterocycles. The van der Waals surface area contributed by atoms with E-state index in [9.17, 15) is 4.79 Å². The number of amides is 1. The Kier molecular flexibility index (Phi) is 3.61. The maximum absolute atomic E-state index is 11.8. The van der Waals surface area contributed by atoms with Crippen LogP contribution in [-0.4, -0.2) is 30.0 Å². The van der Waals surface area contributed by atoms with Crippen molar-refractivity contribution < 1.29 is 4.79 Å². The smallest absolute Gasteiger partial charge is 0.252 e. The number of rotatable bonds is 3. The van der Waals surface area contributed by atoms with Crippen LogP contribution in [0.25, 0.3) is 0 Å². The molecule has 3 rings (SSSR count). The van der Waals surface area contributed by atoms with Gasteiger partial charge in [-0.1, -0.05) is 0 Å². The van der Waals surface area contributed by atoms with Crippen LogP contribution < -0.4 is 16.4 Å². The normalized spacial score (nSPS) is 21.9. The van der Waals surface area contributed by atoms with Crippen molar-refractivity contribution in [1.82, 2.24) is 4.98 Å². The highest BCUT2D eigenvalue weighted by atomic mass is 16.1. The molecule has 1 fully saturated rings. The van der Waals surface area contributed by atoms with E-state index < -0.39 is 0 Å². The number of nitrogens with two attached hydrogens (primary N) is 2. The van der Waals surface area contributed by atoms with Gasteiger partial charge in [-0.05, 0) is 50.2 Å². The molecule has 2 aliphatic rings. The maximum atomic E-state index is 11.8. The van der Waals surface area contributed by atoms with Crippen molar-refractivity contribution in [1.29, 1.82) is 0 Å². The Balaban J connectivity index is 2.04. The van der Waals surface area contributed by atoms with Gasteiger partial charge >= 0.3 is 0 Å². The molecule has 1 aliphatic carbocycles. The Morgan fingerprint density at radius 2 is 2.20 bits per heavy atom. The van der Waals surface area contributed by atoms with E-state index in [4.69, 9.17) is 16.5 Å². The highest BCUT2D eigenvalue weighted by Crippen LogP contribution is 2.30. The van der Waals surface area contributed by atoms with Crippen molar-refractivity contribution in [2.45, 2.75) is 44.6 Å². The van der Waals surface area contributed by atoms with Gasteiger partial charge in [-0.15, -0.1) is 0 Å². The molecule has 0 saturated carbocycles. The molecule has 1 amide bonds. The first-order valence-corrected chi connectivity index (χ1v) is 7.50. The Morgan fingerprint density at radius 3 is 2.95 bits per heavy atom. The van der Waals surface area contributed by atoms with E-state index in [-0.39, 0.29) is 11.9 Å². The van der Waals surface area contributed by atoms with E-state index in [0.717, 1.165) is 50.2 Å². The lowest BCUT2D eigenvalue weighted by atomic mass is 10.0. The van der Waals surface area contributed by atoms with Crippen molar-refractivity contribution in [2.24, 2.45) is 11.5 Å². The molecule has 0 aromatic carbocycles. The fraction of sp³-hybridized carbons (Fsp3) is 0.600. The van der Waals surface area contributed by atoms with Crippen LogP contribution in [0.15, 0.2) is 6.07 Å². The number of piperidine rings is 1. The number of carbonyl (C=O) groups is 1. The molecular formula is C15H22N4O. The van der Waals surface area contributed by atoms with Crippen molar-refractivity contribution >= 4 is 11.7 Å². The number of aryl methyl sites for hydroxylation is 2. The summed E-state index contributed by atoms with van der Waals surface area (Å²) in [5.41, 5.74) is 14.3. The van der Waals surface area contributed by atoms with Crippen LogP contribution >= 0.6 is 0 Å². The van der Waals surface area contributed by atoms with Crippen molar-refractivity contribution in [3.63, 3.8) is 0 Å². The Hall–Kier alpha value is -1.62. The maximum Gasteiger partial charge on any atom is 0.252 e. The Bertz CT molecular complexity index is 529. The summed E-state index contributed by atoms with van der Waals surface area (Å²) in [4.78, 5) is 18.7.